The zero-order chi connectivity index (χ0) is 10.7. The Kier molecular flexibility index (Phi) is 2.83. The Morgan fingerprint density at radius 1 is 1.33 bits per heavy atom. The molecule has 3 heteroatoms. The molecular weight excluding hydrogens is 188 g/mol. The molecule has 1 aromatic carbocycles. The fourth-order valence-electron chi connectivity index (χ4n) is 1.67. The van der Waals surface area contributed by atoms with Gasteiger partial charge in [0.1, 0.15) is 0 Å². The number of nitrogens with zero attached hydrogens (tertiary/aromatic N) is 2. The molecular formula is C12H14N2O. The highest BCUT2D eigenvalue weighted by molar-refractivity contribution is 5.60. The summed E-state index contributed by atoms with van der Waals surface area (Å²) in [6, 6.07) is 10.2. The molecule has 1 N–H and O–H groups in total. The highest BCUT2D eigenvalue weighted by Gasteiger charge is 2.02. The van der Waals surface area contributed by atoms with Gasteiger partial charge < -0.3 is 5.11 Å². The molecule has 0 atom stereocenters. The Hall–Kier alpha value is -1.61. The van der Waals surface area contributed by atoms with Crippen LogP contribution in [0.25, 0.3) is 11.3 Å². The lowest BCUT2D eigenvalue weighted by Crippen LogP contribution is -1.95. The van der Waals surface area contributed by atoms with Crippen molar-refractivity contribution in [2.45, 2.75) is 6.42 Å². The van der Waals surface area contributed by atoms with E-state index in [-0.39, 0.29) is 6.61 Å². The Morgan fingerprint density at radius 3 is 2.87 bits per heavy atom. The van der Waals surface area contributed by atoms with Crippen LogP contribution in [0.2, 0.25) is 0 Å². The summed E-state index contributed by atoms with van der Waals surface area (Å²) in [5, 5.41) is 13.0. The number of aromatic nitrogens is 2. The van der Waals surface area contributed by atoms with Crippen LogP contribution in [-0.2, 0) is 13.5 Å². The van der Waals surface area contributed by atoms with Gasteiger partial charge in [0.2, 0.25) is 0 Å². The van der Waals surface area contributed by atoms with Gasteiger partial charge in [-0.15, -0.1) is 0 Å². The fourth-order valence-corrected chi connectivity index (χ4v) is 1.67. The third-order valence-corrected chi connectivity index (χ3v) is 2.44. The molecule has 1 heterocycles. The summed E-state index contributed by atoms with van der Waals surface area (Å²) in [5.74, 6) is 0. The summed E-state index contributed by atoms with van der Waals surface area (Å²) in [7, 11) is 1.92. The Labute approximate surface area is 89.0 Å². The Morgan fingerprint density at radius 2 is 2.20 bits per heavy atom. The molecule has 1 aromatic heterocycles. The normalized spacial score (nSPS) is 10.5. The Bertz CT molecular complexity index is 448. The summed E-state index contributed by atoms with van der Waals surface area (Å²) >= 11 is 0. The standard InChI is InChI=1S/C12H14N2O/c1-14-12(5-7-13-14)11-4-2-3-10(9-11)6-8-15/h2-5,7,9,15H,6,8H2,1H3. The van der Waals surface area contributed by atoms with Crippen molar-refractivity contribution in [3.8, 4) is 11.3 Å². The molecule has 78 valence electrons. The average molecular weight is 202 g/mol. The van der Waals surface area contributed by atoms with E-state index in [9.17, 15) is 0 Å². The molecule has 0 bridgehead atoms. The van der Waals surface area contributed by atoms with Crippen molar-refractivity contribution < 1.29 is 5.11 Å². The molecule has 0 unspecified atom stereocenters. The van der Waals surface area contributed by atoms with E-state index in [1.165, 1.54) is 0 Å². The van der Waals surface area contributed by atoms with E-state index in [1.807, 2.05) is 29.9 Å². The maximum absolute atomic E-state index is 8.88. The summed E-state index contributed by atoms with van der Waals surface area (Å²) in [6.07, 6.45) is 2.49. The largest absolute Gasteiger partial charge is 0.396 e. The highest BCUT2D eigenvalue weighted by Crippen LogP contribution is 2.19. The minimum atomic E-state index is 0.189. The smallest absolute Gasteiger partial charge is 0.0678 e. The number of rotatable bonds is 3. The van der Waals surface area contributed by atoms with Crippen LogP contribution < -0.4 is 0 Å². The molecule has 15 heavy (non-hydrogen) atoms. The van der Waals surface area contributed by atoms with Gasteiger partial charge in [-0.2, -0.15) is 5.10 Å². The van der Waals surface area contributed by atoms with Crippen LogP contribution in [0.3, 0.4) is 0 Å². The maximum atomic E-state index is 8.88. The molecule has 0 saturated carbocycles. The minimum Gasteiger partial charge on any atom is -0.396 e. The predicted octanol–water partition coefficient (Wildman–Crippen LogP) is 1.62. The lowest BCUT2D eigenvalue weighted by atomic mass is 10.1. The number of hydrogen-bond donors (Lipinski definition) is 1. The lowest BCUT2D eigenvalue weighted by Gasteiger charge is -2.04. The SMILES string of the molecule is Cn1nccc1-c1cccc(CCO)c1. The molecule has 2 aromatic rings. The number of hydrogen-bond acceptors (Lipinski definition) is 2. The molecule has 2 rings (SSSR count). The number of aliphatic hydroxyl groups excluding tert-OH is 1. The topological polar surface area (TPSA) is 38.0 Å². The highest BCUT2D eigenvalue weighted by atomic mass is 16.2. The van der Waals surface area contributed by atoms with E-state index >= 15 is 0 Å². The van der Waals surface area contributed by atoms with E-state index in [2.05, 4.69) is 17.2 Å². The number of aliphatic hydroxyl groups is 1. The lowest BCUT2D eigenvalue weighted by molar-refractivity contribution is 0.299. The van der Waals surface area contributed by atoms with Crippen molar-refractivity contribution in [2.24, 2.45) is 7.05 Å². The van der Waals surface area contributed by atoms with Gasteiger partial charge in [-0.05, 0) is 24.1 Å². The number of benzene rings is 1. The van der Waals surface area contributed by atoms with E-state index in [1.54, 1.807) is 6.20 Å². The van der Waals surface area contributed by atoms with Gasteiger partial charge in [0.25, 0.3) is 0 Å². The van der Waals surface area contributed by atoms with Gasteiger partial charge >= 0.3 is 0 Å². The quantitative estimate of drug-likeness (QED) is 0.821. The van der Waals surface area contributed by atoms with Crippen LogP contribution in [-0.4, -0.2) is 21.5 Å². The van der Waals surface area contributed by atoms with Crippen LogP contribution >= 0.6 is 0 Å². The molecule has 0 aliphatic rings. The van der Waals surface area contributed by atoms with Crippen molar-refractivity contribution >= 4 is 0 Å². The van der Waals surface area contributed by atoms with E-state index in [0.717, 1.165) is 16.8 Å². The minimum absolute atomic E-state index is 0.189. The van der Waals surface area contributed by atoms with Crippen molar-refractivity contribution in [3.05, 3.63) is 42.1 Å². The summed E-state index contributed by atoms with van der Waals surface area (Å²) < 4.78 is 1.85. The zero-order valence-electron chi connectivity index (χ0n) is 8.72. The van der Waals surface area contributed by atoms with Gasteiger partial charge in [0, 0.05) is 25.4 Å². The molecule has 0 aliphatic heterocycles. The molecule has 0 radical (unpaired) electrons. The first-order valence-corrected chi connectivity index (χ1v) is 4.99. The van der Waals surface area contributed by atoms with E-state index in [0.29, 0.717) is 6.42 Å². The van der Waals surface area contributed by atoms with Crippen molar-refractivity contribution in [1.82, 2.24) is 9.78 Å². The second-order valence-corrected chi connectivity index (χ2v) is 3.51. The first-order chi connectivity index (χ1) is 7.31. The first kappa shape index (κ1) is 9.93. The van der Waals surface area contributed by atoms with Gasteiger partial charge in [0.05, 0.1) is 5.69 Å². The van der Waals surface area contributed by atoms with Crippen LogP contribution in [0.1, 0.15) is 5.56 Å². The van der Waals surface area contributed by atoms with Crippen LogP contribution in [0.15, 0.2) is 36.5 Å². The monoisotopic (exact) mass is 202 g/mol. The second kappa shape index (κ2) is 4.28. The molecule has 0 saturated heterocycles. The molecule has 0 fully saturated rings. The maximum Gasteiger partial charge on any atom is 0.0678 e. The van der Waals surface area contributed by atoms with Crippen LogP contribution in [0.5, 0.6) is 0 Å². The summed E-state index contributed by atoms with van der Waals surface area (Å²) in [5.41, 5.74) is 3.38. The summed E-state index contributed by atoms with van der Waals surface area (Å²) in [6.45, 7) is 0.189. The third kappa shape index (κ3) is 2.07. The second-order valence-electron chi connectivity index (χ2n) is 3.51. The van der Waals surface area contributed by atoms with E-state index < -0.39 is 0 Å². The van der Waals surface area contributed by atoms with E-state index in [4.69, 9.17) is 5.11 Å². The van der Waals surface area contributed by atoms with Gasteiger partial charge in [0.15, 0.2) is 0 Å². The van der Waals surface area contributed by atoms with Crippen LogP contribution in [0.4, 0.5) is 0 Å². The summed E-state index contributed by atoms with van der Waals surface area (Å²) in [4.78, 5) is 0. The zero-order valence-corrected chi connectivity index (χ0v) is 8.72. The molecule has 0 amide bonds. The van der Waals surface area contributed by atoms with Crippen molar-refractivity contribution in [2.75, 3.05) is 6.61 Å². The van der Waals surface area contributed by atoms with Crippen LogP contribution in [0, 0.1) is 0 Å². The first-order valence-electron chi connectivity index (χ1n) is 4.99. The Balaban J connectivity index is 2.37. The fraction of sp³-hybridized carbons (Fsp3) is 0.250. The van der Waals surface area contributed by atoms with Gasteiger partial charge in [-0.1, -0.05) is 18.2 Å². The third-order valence-electron chi connectivity index (χ3n) is 2.44. The molecule has 0 spiro atoms. The molecule has 0 aliphatic carbocycles. The predicted molar refractivity (Wildman–Crippen MR) is 59.4 cm³/mol. The van der Waals surface area contributed by atoms with Crippen molar-refractivity contribution in [1.29, 1.82) is 0 Å². The molecule has 3 nitrogen and oxygen atoms in total. The van der Waals surface area contributed by atoms with Gasteiger partial charge in [-0.25, -0.2) is 0 Å². The van der Waals surface area contributed by atoms with Crippen molar-refractivity contribution in [3.63, 3.8) is 0 Å². The average Bonchev–Trinajstić information content (AvgIpc) is 2.65. The van der Waals surface area contributed by atoms with Gasteiger partial charge in [-0.3, -0.25) is 4.68 Å². The number of aryl methyl sites for hydroxylation is 1.